The van der Waals surface area contributed by atoms with Gasteiger partial charge in [-0.25, -0.2) is 0 Å². The van der Waals surface area contributed by atoms with Crippen molar-refractivity contribution in [1.82, 2.24) is 0 Å². The molecule has 0 saturated carbocycles. The quantitative estimate of drug-likeness (QED) is 0.468. The van der Waals surface area contributed by atoms with E-state index in [1.807, 2.05) is 0 Å². The fourth-order valence-electron chi connectivity index (χ4n) is 2.72. The molecular weight excluding hydrogens is 212 g/mol. The molecule has 0 atom stereocenters. The molecular formula is C14H32N2O+2. The van der Waals surface area contributed by atoms with E-state index in [-0.39, 0.29) is 5.41 Å². The molecule has 3 nitrogen and oxygen atoms in total. The largest absolute Gasteiger partial charge is 0.501 e. The van der Waals surface area contributed by atoms with E-state index in [1.54, 1.807) is 6.26 Å². The van der Waals surface area contributed by atoms with Gasteiger partial charge in [-0.2, -0.15) is 0 Å². The normalized spacial score (nSPS) is 13.6. The summed E-state index contributed by atoms with van der Waals surface area (Å²) in [5, 5.41) is 0. The van der Waals surface area contributed by atoms with E-state index in [9.17, 15) is 0 Å². The standard InChI is InChI=1S/C14H32N2O/c1-9-14(13-17-10-2,11-15(3,4)5)12-16(6,7)8/h10H,2,9,11-13H2,1,3-8H3/q+2. The molecule has 0 aromatic rings. The van der Waals surface area contributed by atoms with Gasteiger partial charge in [0.25, 0.3) is 0 Å². The number of ether oxygens (including phenoxy) is 1. The fraction of sp³-hybridized carbons (Fsp3) is 0.857. The van der Waals surface area contributed by atoms with Crippen molar-refractivity contribution in [3.63, 3.8) is 0 Å². The lowest BCUT2D eigenvalue weighted by molar-refractivity contribution is -0.903. The van der Waals surface area contributed by atoms with Gasteiger partial charge in [0.2, 0.25) is 0 Å². The van der Waals surface area contributed by atoms with Crippen LogP contribution in [0.4, 0.5) is 0 Å². The van der Waals surface area contributed by atoms with E-state index in [0.717, 1.165) is 35.1 Å². The molecule has 0 spiro atoms. The van der Waals surface area contributed by atoms with Gasteiger partial charge in [-0.05, 0) is 6.42 Å². The Morgan fingerprint density at radius 1 is 1.00 bits per heavy atom. The van der Waals surface area contributed by atoms with E-state index < -0.39 is 0 Å². The molecule has 0 heterocycles. The summed E-state index contributed by atoms with van der Waals surface area (Å²) >= 11 is 0. The summed E-state index contributed by atoms with van der Waals surface area (Å²) in [4.78, 5) is 0. The second kappa shape index (κ2) is 5.87. The molecule has 0 aliphatic heterocycles. The van der Waals surface area contributed by atoms with Crippen LogP contribution in [-0.4, -0.2) is 70.9 Å². The Morgan fingerprint density at radius 2 is 1.41 bits per heavy atom. The third-order valence-electron chi connectivity index (χ3n) is 2.88. The first-order valence-electron chi connectivity index (χ1n) is 6.37. The lowest BCUT2D eigenvalue weighted by Gasteiger charge is -2.41. The molecule has 0 aliphatic carbocycles. The molecule has 0 bridgehead atoms. The van der Waals surface area contributed by atoms with Crippen LogP contribution >= 0.6 is 0 Å². The first-order chi connectivity index (χ1) is 7.54. The molecule has 0 radical (unpaired) electrons. The molecule has 17 heavy (non-hydrogen) atoms. The molecule has 0 fully saturated rings. The number of nitrogens with zero attached hydrogens (tertiary/aromatic N) is 2. The Hall–Kier alpha value is -0.540. The lowest BCUT2D eigenvalue weighted by Crippen LogP contribution is -2.55. The minimum Gasteiger partial charge on any atom is -0.501 e. The topological polar surface area (TPSA) is 9.23 Å². The van der Waals surface area contributed by atoms with Crippen molar-refractivity contribution < 1.29 is 13.7 Å². The Balaban J connectivity index is 4.93. The van der Waals surface area contributed by atoms with Gasteiger partial charge >= 0.3 is 0 Å². The van der Waals surface area contributed by atoms with Crippen LogP contribution in [0.25, 0.3) is 0 Å². The summed E-state index contributed by atoms with van der Waals surface area (Å²) in [7, 11) is 13.5. The van der Waals surface area contributed by atoms with Gasteiger partial charge in [0.1, 0.15) is 12.0 Å². The van der Waals surface area contributed by atoms with Crippen LogP contribution in [-0.2, 0) is 4.74 Å². The Kier molecular flexibility index (Phi) is 5.69. The van der Waals surface area contributed by atoms with Crippen LogP contribution in [0.5, 0.6) is 0 Å². The number of hydrogen-bond acceptors (Lipinski definition) is 1. The maximum Gasteiger partial charge on any atom is 0.104 e. The van der Waals surface area contributed by atoms with Crippen molar-refractivity contribution in [3.05, 3.63) is 12.8 Å². The molecule has 0 saturated heterocycles. The zero-order valence-electron chi connectivity index (χ0n) is 12.9. The minimum absolute atomic E-state index is 0.213. The van der Waals surface area contributed by atoms with Gasteiger partial charge in [0, 0.05) is 0 Å². The smallest absolute Gasteiger partial charge is 0.104 e. The molecule has 0 aromatic carbocycles. The summed E-state index contributed by atoms with van der Waals surface area (Å²) in [6.07, 6.45) is 2.70. The second-order valence-electron chi connectivity index (χ2n) is 7.23. The third kappa shape index (κ3) is 7.40. The predicted octanol–water partition coefficient (Wildman–Crippen LogP) is 1.96. The summed E-state index contributed by atoms with van der Waals surface area (Å²) < 4.78 is 7.46. The monoisotopic (exact) mass is 244 g/mol. The van der Waals surface area contributed by atoms with Crippen LogP contribution in [0, 0.1) is 5.41 Å². The third-order valence-corrected chi connectivity index (χ3v) is 2.88. The Bertz CT molecular complexity index is 220. The van der Waals surface area contributed by atoms with Crippen LogP contribution in [0.1, 0.15) is 13.3 Å². The molecule has 0 unspecified atom stereocenters. The van der Waals surface area contributed by atoms with Crippen LogP contribution in [0.15, 0.2) is 12.8 Å². The summed E-state index contributed by atoms with van der Waals surface area (Å²) in [6, 6.07) is 0. The van der Waals surface area contributed by atoms with Gasteiger partial charge < -0.3 is 13.7 Å². The zero-order chi connectivity index (χ0) is 13.7. The average Bonchev–Trinajstić information content (AvgIpc) is 2.09. The molecule has 3 heteroatoms. The molecule has 0 aromatic heterocycles. The highest BCUT2D eigenvalue weighted by molar-refractivity contribution is 4.78. The molecule has 102 valence electrons. The molecule has 0 amide bonds. The van der Waals surface area contributed by atoms with E-state index in [0.29, 0.717) is 0 Å². The van der Waals surface area contributed by atoms with Crippen molar-refractivity contribution in [3.8, 4) is 0 Å². The van der Waals surface area contributed by atoms with Crippen molar-refractivity contribution in [2.75, 3.05) is 62.0 Å². The van der Waals surface area contributed by atoms with Crippen molar-refractivity contribution in [2.45, 2.75) is 13.3 Å². The van der Waals surface area contributed by atoms with Crippen molar-refractivity contribution in [2.24, 2.45) is 5.41 Å². The van der Waals surface area contributed by atoms with Crippen LogP contribution in [0.2, 0.25) is 0 Å². The highest BCUT2D eigenvalue weighted by Crippen LogP contribution is 2.28. The highest BCUT2D eigenvalue weighted by Gasteiger charge is 2.40. The number of hydrogen-bond donors (Lipinski definition) is 0. The lowest BCUT2D eigenvalue weighted by atomic mass is 9.83. The summed E-state index contributed by atoms with van der Waals surface area (Å²) in [5.41, 5.74) is 0.213. The van der Waals surface area contributed by atoms with E-state index in [2.05, 4.69) is 55.8 Å². The first kappa shape index (κ1) is 16.5. The minimum atomic E-state index is 0.213. The van der Waals surface area contributed by atoms with E-state index in [4.69, 9.17) is 4.74 Å². The zero-order valence-corrected chi connectivity index (χ0v) is 12.9. The van der Waals surface area contributed by atoms with E-state index in [1.165, 1.54) is 0 Å². The summed E-state index contributed by atoms with van der Waals surface area (Å²) in [5.74, 6) is 0. The SMILES string of the molecule is C=COCC(CC)(C[N+](C)(C)C)C[N+](C)(C)C. The Labute approximate surface area is 108 Å². The van der Waals surface area contributed by atoms with Crippen LogP contribution in [0.3, 0.4) is 0 Å². The van der Waals surface area contributed by atoms with Gasteiger partial charge in [-0.3, -0.25) is 0 Å². The predicted molar refractivity (Wildman–Crippen MR) is 74.7 cm³/mol. The van der Waals surface area contributed by atoms with Crippen LogP contribution < -0.4 is 0 Å². The Morgan fingerprint density at radius 3 is 1.65 bits per heavy atom. The number of quaternary nitrogens is 2. The van der Waals surface area contributed by atoms with Gasteiger partial charge in [0.15, 0.2) is 0 Å². The van der Waals surface area contributed by atoms with E-state index >= 15 is 0 Å². The first-order valence-corrected chi connectivity index (χ1v) is 6.37. The fourth-order valence-corrected chi connectivity index (χ4v) is 2.72. The van der Waals surface area contributed by atoms with Gasteiger partial charge in [-0.15, -0.1) is 0 Å². The molecule has 0 N–H and O–H groups in total. The van der Waals surface area contributed by atoms with Gasteiger partial charge in [-0.1, -0.05) is 13.5 Å². The van der Waals surface area contributed by atoms with Gasteiger partial charge in [0.05, 0.1) is 61.6 Å². The van der Waals surface area contributed by atoms with Crippen molar-refractivity contribution >= 4 is 0 Å². The number of rotatable bonds is 8. The van der Waals surface area contributed by atoms with Crippen molar-refractivity contribution in [1.29, 1.82) is 0 Å². The second-order valence-corrected chi connectivity index (χ2v) is 7.23. The molecule has 0 rings (SSSR count). The molecule has 0 aliphatic rings. The average molecular weight is 244 g/mol. The highest BCUT2D eigenvalue weighted by atomic mass is 16.5. The maximum absolute atomic E-state index is 5.53. The summed E-state index contributed by atoms with van der Waals surface area (Å²) in [6.45, 7) is 8.92. The maximum atomic E-state index is 5.53.